The van der Waals surface area contributed by atoms with Gasteiger partial charge in [-0.3, -0.25) is 0 Å². The summed E-state index contributed by atoms with van der Waals surface area (Å²) in [6, 6.07) is 0. The van der Waals surface area contributed by atoms with Crippen LogP contribution in [0.1, 0.15) is 0 Å². The predicted octanol–water partition coefficient (Wildman–Crippen LogP) is -2.94. The van der Waals surface area contributed by atoms with Crippen LogP contribution in [0.4, 0.5) is 0 Å². The molecule has 0 aromatic carbocycles. The van der Waals surface area contributed by atoms with Gasteiger partial charge in [0.15, 0.2) is 0 Å². The van der Waals surface area contributed by atoms with Crippen molar-refractivity contribution < 1.29 is 68.7 Å². The Hall–Kier alpha value is 1.01. The molecule has 0 heterocycles. The van der Waals surface area contributed by atoms with Crippen LogP contribution < -0.4 is 51.4 Å². The quantitative estimate of drug-likeness (QED) is 0.265. The van der Waals surface area contributed by atoms with Gasteiger partial charge in [0.25, 0.3) is 0 Å². The molecule has 14 heavy (non-hydrogen) atoms. The van der Waals surface area contributed by atoms with Gasteiger partial charge in [-0.15, -0.1) is 0 Å². The van der Waals surface area contributed by atoms with Crippen molar-refractivity contribution in [1.82, 2.24) is 0 Å². The van der Waals surface area contributed by atoms with E-state index in [2.05, 4.69) is 50.5 Å². The topological polar surface area (TPSA) is 95.2 Å². The molecule has 4 nitrogen and oxygen atoms in total. The molecule has 10 heteroatoms. The van der Waals surface area contributed by atoms with Gasteiger partial charge in [-0.1, -0.05) is 21.6 Å². The fraction of sp³-hybridized carbons (Fsp3) is 0. The molecule has 67 valence electrons. The molecule has 1 radical (unpaired) electrons. The van der Waals surface area contributed by atoms with Gasteiger partial charge in [-0.05, 0) is 0 Å². The Balaban J connectivity index is -0.0000000145. The van der Waals surface area contributed by atoms with E-state index in [1.807, 2.05) is 0 Å². The molecule has 0 aromatic heterocycles. The average Bonchev–Trinajstić information content (AvgIpc) is 1.92. The number of rotatable bonds is 0. The van der Waals surface area contributed by atoms with Crippen molar-refractivity contribution in [1.29, 1.82) is 21.0 Å². The molecule has 0 aliphatic heterocycles. The van der Waals surface area contributed by atoms with E-state index in [1.54, 1.807) is 0 Å². The summed E-state index contributed by atoms with van der Waals surface area (Å²) in [6.07, 6.45) is 0. The van der Waals surface area contributed by atoms with E-state index in [-0.39, 0.29) is 68.7 Å². The van der Waals surface area contributed by atoms with Crippen molar-refractivity contribution in [3.63, 3.8) is 0 Å². The second-order valence-corrected chi connectivity index (χ2v) is 1.10. The fourth-order valence-corrected chi connectivity index (χ4v) is 0. The number of hydrogen-bond donors (Lipinski definition) is 0. The molecule has 0 bridgehead atoms. The maximum atomic E-state index is 7.13. The number of hydrogen-bond acceptors (Lipinski definition) is 8. The Morgan fingerprint density at radius 3 is 0.571 bits per heavy atom. The molecule has 0 saturated heterocycles. The molecule has 0 fully saturated rings. The number of nitrogens with zero attached hydrogens (tertiary/aromatic N) is 4. The first-order chi connectivity index (χ1) is 5.66. The third kappa shape index (κ3) is 1840. The first-order valence-corrected chi connectivity index (χ1v) is 3.34. The predicted molar refractivity (Wildman–Crippen MR) is 51.9 cm³/mol. The summed E-state index contributed by atoms with van der Waals surface area (Å²) < 4.78 is 0. The van der Waals surface area contributed by atoms with Crippen molar-refractivity contribution in [2.45, 2.75) is 0 Å². The van der Waals surface area contributed by atoms with Gasteiger partial charge >= 0.3 is 68.7 Å². The van der Waals surface area contributed by atoms with Crippen LogP contribution in [0.25, 0.3) is 0 Å². The minimum atomic E-state index is 0. The molecule has 0 spiro atoms. The Morgan fingerprint density at radius 2 is 0.571 bits per heavy atom. The van der Waals surface area contributed by atoms with E-state index in [0.717, 1.165) is 0 Å². The fourth-order valence-electron chi connectivity index (χ4n) is 0. The van der Waals surface area contributed by atoms with E-state index < -0.39 is 0 Å². The minimum absolute atomic E-state index is 0. The monoisotopic (exact) mass is 323 g/mol. The molecular formula is C4CrKN4S4. The maximum Gasteiger partial charge on any atom is 3.00 e. The summed E-state index contributed by atoms with van der Waals surface area (Å²) in [4.78, 5) is 0. The molecule has 0 unspecified atom stereocenters. The van der Waals surface area contributed by atoms with Gasteiger partial charge in [-0.2, -0.15) is 0 Å². The molecule has 0 amide bonds. The summed E-state index contributed by atoms with van der Waals surface area (Å²) in [5.41, 5.74) is 0. The Kier molecular flexibility index (Phi) is 245. The zero-order valence-corrected chi connectivity index (χ0v) is 14.5. The summed E-state index contributed by atoms with van der Waals surface area (Å²) in [6.45, 7) is 0. The second-order valence-electron chi connectivity index (χ2n) is 0.365. The van der Waals surface area contributed by atoms with Crippen LogP contribution in [-0.2, 0) is 67.9 Å². The summed E-state index contributed by atoms with van der Waals surface area (Å²) >= 11 is 14.8. The SMILES string of the molecule is N#C[S-].N#C[S-].N#C[S-].N#C[S-].[Cr+3].[K+]. The Morgan fingerprint density at radius 1 is 0.571 bits per heavy atom. The zero-order chi connectivity index (χ0) is 10.8. The van der Waals surface area contributed by atoms with Gasteiger partial charge in [0.05, 0.1) is 0 Å². The van der Waals surface area contributed by atoms with Gasteiger partial charge in [0.2, 0.25) is 0 Å². The van der Waals surface area contributed by atoms with Crippen molar-refractivity contribution in [2.24, 2.45) is 0 Å². The van der Waals surface area contributed by atoms with Crippen LogP contribution in [-0.4, -0.2) is 0 Å². The van der Waals surface area contributed by atoms with Crippen LogP contribution in [0.15, 0.2) is 0 Å². The smallest absolute Gasteiger partial charge is 0.696 e. The van der Waals surface area contributed by atoms with E-state index in [0.29, 0.717) is 0 Å². The molecule has 0 rings (SSSR count). The number of thiocyanates is 4. The molecule has 0 atom stereocenters. The third-order valence-electron chi connectivity index (χ3n) is 0. The standard InChI is InChI=1S/4CHNS.Cr.K/c4*2-1-3;;/h4*3H;;/q;;;;+3;+1/p-4. The molecule has 0 aromatic rings. The summed E-state index contributed by atoms with van der Waals surface area (Å²) in [5.74, 6) is 0. The summed E-state index contributed by atoms with van der Waals surface area (Å²) in [7, 11) is 0. The number of nitriles is 4. The van der Waals surface area contributed by atoms with Crippen LogP contribution in [0, 0.1) is 42.7 Å². The molecule has 0 aliphatic rings. The van der Waals surface area contributed by atoms with Gasteiger partial charge in [-0.25, -0.2) is 21.0 Å². The second kappa shape index (κ2) is 94.5. The Labute approximate surface area is 159 Å². The van der Waals surface area contributed by atoms with E-state index >= 15 is 0 Å². The Bertz CT molecular complexity index is 163. The van der Waals surface area contributed by atoms with Crippen LogP contribution >= 0.6 is 0 Å². The van der Waals surface area contributed by atoms with Crippen LogP contribution in [0.2, 0.25) is 0 Å². The summed E-state index contributed by atoms with van der Waals surface area (Å²) in [5, 5.41) is 33.9. The maximum absolute atomic E-state index is 7.13. The van der Waals surface area contributed by atoms with Gasteiger partial charge < -0.3 is 50.5 Å². The molecule has 0 aliphatic carbocycles. The zero-order valence-electron chi connectivity index (χ0n) is 6.83. The van der Waals surface area contributed by atoms with E-state index in [9.17, 15) is 0 Å². The van der Waals surface area contributed by atoms with Crippen molar-refractivity contribution in [3.8, 4) is 21.6 Å². The molecule has 0 N–H and O–H groups in total. The first-order valence-electron chi connectivity index (χ1n) is 1.71. The first kappa shape index (κ1) is 36.3. The third-order valence-corrected chi connectivity index (χ3v) is 0. The largest absolute Gasteiger partial charge is 3.00 e. The molecular weight excluding hydrogens is 323 g/mol. The van der Waals surface area contributed by atoms with Crippen LogP contribution in [0.3, 0.4) is 0 Å². The average molecular weight is 323 g/mol. The van der Waals surface area contributed by atoms with Crippen LogP contribution in [0.5, 0.6) is 0 Å². The van der Waals surface area contributed by atoms with Crippen molar-refractivity contribution in [2.75, 3.05) is 0 Å². The minimum Gasteiger partial charge on any atom is -0.696 e. The van der Waals surface area contributed by atoms with Gasteiger partial charge in [0.1, 0.15) is 0 Å². The molecule has 0 saturated carbocycles. The van der Waals surface area contributed by atoms with E-state index in [4.69, 9.17) is 21.0 Å². The van der Waals surface area contributed by atoms with E-state index in [1.165, 1.54) is 21.6 Å². The van der Waals surface area contributed by atoms with Crippen molar-refractivity contribution in [3.05, 3.63) is 0 Å². The van der Waals surface area contributed by atoms with Crippen molar-refractivity contribution >= 4 is 50.5 Å². The normalized spacial score (nSPS) is 2.00. The van der Waals surface area contributed by atoms with Gasteiger partial charge in [0, 0.05) is 0 Å².